The summed E-state index contributed by atoms with van der Waals surface area (Å²) in [6.07, 6.45) is 1.59. The number of ketones is 4. The van der Waals surface area contributed by atoms with Gasteiger partial charge in [0.05, 0.1) is 18.1 Å². The molecule has 8 N–H and O–H groups in total. The van der Waals surface area contributed by atoms with Gasteiger partial charge in [-0.2, -0.15) is 50.5 Å². The average Bonchev–Trinajstić information content (AvgIpc) is 3.07. The van der Waals surface area contributed by atoms with Gasteiger partial charge in [-0.1, -0.05) is 49.0 Å². The van der Waals surface area contributed by atoms with E-state index >= 15 is 0 Å². The predicted octanol–water partition coefficient (Wildman–Crippen LogP) is 2.94. The minimum absolute atomic E-state index is 0. The third-order valence-corrected chi connectivity index (χ3v) is 8.41. The number of nitrogens with two attached hydrogens (primary N) is 2. The van der Waals surface area contributed by atoms with Crippen LogP contribution in [0.25, 0.3) is 0 Å². The van der Waals surface area contributed by atoms with Crippen molar-refractivity contribution in [2.45, 2.75) is 162 Å². The summed E-state index contributed by atoms with van der Waals surface area (Å²) in [6.45, 7) is 23.6. The van der Waals surface area contributed by atoms with Gasteiger partial charge in [0.2, 0.25) is 23.6 Å². The van der Waals surface area contributed by atoms with Crippen LogP contribution >= 0.6 is 50.5 Å². The number of Topliss-reactive ketones (excluding diaryl/α,β-unsaturated/α-hetero) is 4. The molecule has 0 aliphatic rings. The van der Waals surface area contributed by atoms with E-state index in [1.54, 1.807) is 0 Å². The zero-order valence-electron chi connectivity index (χ0n) is 33.7. The van der Waals surface area contributed by atoms with Gasteiger partial charge in [0.25, 0.3) is 0 Å². The zero-order valence-corrected chi connectivity index (χ0v) is 37.2. The van der Waals surface area contributed by atoms with Gasteiger partial charge in [0, 0.05) is 61.8 Å². The lowest BCUT2D eigenvalue weighted by Crippen LogP contribution is -2.48. The summed E-state index contributed by atoms with van der Waals surface area (Å²) in [6, 6.07) is -2.08. The number of hydrogen-bond acceptors (Lipinski definition) is 14. The summed E-state index contributed by atoms with van der Waals surface area (Å²) in [5, 5.41) is 9.26. The van der Waals surface area contributed by atoms with E-state index in [0.29, 0.717) is 0 Å². The second kappa shape index (κ2) is 41.1. The summed E-state index contributed by atoms with van der Waals surface area (Å²) in [4.78, 5) is 86.5. The maximum Gasteiger partial charge on any atom is 0.217 e. The monoisotopic (exact) mass is 834 g/mol. The van der Waals surface area contributed by atoms with Gasteiger partial charge in [0.1, 0.15) is 11.8 Å². The summed E-state index contributed by atoms with van der Waals surface area (Å²) in [5.74, 6) is -1.28. The first-order valence-corrected chi connectivity index (χ1v) is 19.2. The normalized spacial score (nSPS) is 13.8. The Bertz CT molecular complexity index is 1020. The van der Waals surface area contributed by atoms with Gasteiger partial charge in [-0.25, -0.2) is 0 Å². The van der Waals surface area contributed by atoms with Gasteiger partial charge < -0.3 is 32.7 Å². The summed E-state index contributed by atoms with van der Waals surface area (Å²) >= 11 is 16.6. The van der Waals surface area contributed by atoms with E-state index in [4.69, 9.17) is 11.5 Å². The van der Waals surface area contributed by atoms with Crippen molar-refractivity contribution in [3.8, 4) is 0 Å². The molecule has 0 bridgehead atoms. The molecule has 14 nitrogen and oxygen atoms in total. The molecule has 0 aromatic rings. The molecule has 4 amide bonds. The molecular formula is C35H74N6O8S4. The molecule has 0 heterocycles. The summed E-state index contributed by atoms with van der Waals surface area (Å²) < 4.78 is 0. The van der Waals surface area contributed by atoms with Crippen LogP contribution in [0.4, 0.5) is 0 Å². The molecule has 8 unspecified atom stereocenters. The molecule has 0 spiro atoms. The van der Waals surface area contributed by atoms with Crippen molar-refractivity contribution in [3.05, 3.63) is 0 Å². The molecule has 0 aliphatic carbocycles. The Balaban J connectivity index is -0.000000104. The average molecular weight is 835 g/mol. The highest BCUT2D eigenvalue weighted by atomic mass is 32.1. The van der Waals surface area contributed by atoms with Crippen molar-refractivity contribution in [3.63, 3.8) is 0 Å². The van der Waals surface area contributed by atoms with Crippen LogP contribution in [0.3, 0.4) is 0 Å². The van der Waals surface area contributed by atoms with Crippen LogP contribution in [0.15, 0.2) is 0 Å². The van der Waals surface area contributed by atoms with Gasteiger partial charge in [-0.05, 0) is 40.5 Å². The van der Waals surface area contributed by atoms with E-state index in [2.05, 4.69) is 71.8 Å². The third kappa shape index (κ3) is 40.9. The van der Waals surface area contributed by atoms with Crippen molar-refractivity contribution in [2.75, 3.05) is 13.1 Å². The van der Waals surface area contributed by atoms with E-state index in [-0.39, 0.29) is 83.0 Å². The van der Waals surface area contributed by atoms with E-state index in [1.165, 1.54) is 55.4 Å². The van der Waals surface area contributed by atoms with Crippen molar-refractivity contribution in [1.29, 1.82) is 0 Å². The number of amides is 4. The van der Waals surface area contributed by atoms with Crippen molar-refractivity contribution in [2.24, 2.45) is 11.5 Å². The molecule has 8 atom stereocenters. The smallest absolute Gasteiger partial charge is 0.217 e. The molecule has 53 heavy (non-hydrogen) atoms. The van der Waals surface area contributed by atoms with Gasteiger partial charge in [0.15, 0.2) is 17.3 Å². The fourth-order valence-electron chi connectivity index (χ4n) is 3.33. The minimum atomic E-state index is -0.669. The first-order valence-electron chi connectivity index (χ1n) is 17.2. The largest absolute Gasteiger partial charge is 0.355 e. The predicted molar refractivity (Wildman–Crippen MR) is 232 cm³/mol. The quantitative estimate of drug-likeness (QED) is 0.102. The number of nitrogens with one attached hydrogen (secondary N) is 4. The van der Waals surface area contributed by atoms with Crippen LogP contribution in [0, 0.1) is 0 Å². The fraction of sp³-hybridized carbons (Fsp3) is 0.771. The van der Waals surface area contributed by atoms with Crippen molar-refractivity contribution in [1.82, 2.24) is 21.3 Å². The summed E-state index contributed by atoms with van der Waals surface area (Å²) in [5.41, 5.74) is 10.8. The Labute approximate surface area is 342 Å². The Hall–Kier alpha value is -2.12. The van der Waals surface area contributed by atoms with Gasteiger partial charge >= 0.3 is 0 Å². The highest BCUT2D eigenvalue weighted by Gasteiger charge is 2.24. The molecule has 0 aromatic carbocycles. The van der Waals surface area contributed by atoms with Crippen LogP contribution < -0.4 is 32.7 Å². The molecule has 0 aliphatic heterocycles. The Morgan fingerprint density at radius 1 is 0.491 bits per heavy atom. The van der Waals surface area contributed by atoms with Crippen LogP contribution in [-0.2, 0) is 38.4 Å². The van der Waals surface area contributed by atoms with E-state index in [1.807, 2.05) is 41.5 Å². The molecule has 0 saturated heterocycles. The highest BCUT2D eigenvalue weighted by Crippen LogP contribution is 2.08. The number of thiol groups is 4. The number of carbonyl (C=O) groups is 8. The number of rotatable bonds is 16. The van der Waals surface area contributed by atoms with Crippen LogP contribution in [0.2, 0.25) is 0 Å². The molecule has 0 radical (unpaired) electrons. The standard InChI is InChI=1S/C9H16N2O3S.C8H15NO2S.C7H14N2O2S.C6H13NOS.2C2H6.CH4/c1-5(12)9(11-7(3)14)8(15)4-10-6(2)13;1-4-7(12)8(5(2)10)9-6(3)11;1-4(10)7(6(12)3-8)9-5(2)11;1-3-5(9)6(7)4(2)8;2*1-2;/h8-9,15H,4H2,1-3H3,(H,10,13)(H,11,14);7-8,12H,4H2,1-3H3,(H,9,11);6-7,12H,3,8H2,1-2H3,(H,9,11);5-6,9H,3,7H2,1-2H3;2*1-2H3;1H4. The molecular weight excluding hydrogens is 761 g/mol. The topological polar surface area (TPSA) is 237 Å². The maximum absolute atomic E-state index is 11.2. The fourth-order valence-corrected chi connectivity index (χ4v) is 4.48. The molecule has 316 valence electrons. The third-order valence-electron chi connectivity index (χ3n) is 6.07. The van der Waals surface area contributed by atoms with Gasteiger partial charge in [-0.15, -0.1) is 0 Å². The van der Waals surface area contributed by atoms with Crippen LogP contribution in [0.1, 0.15) is 117 Å². The Morgan fingerprint density at radius 3 is 0.962 bits per heavy atom. The maximum atomic E-state index is 11.2. The number of carbonyl (C=O) groups excluding carboxylic acids is 8. The molecule has 0 rings (SSSR count). The van der Waals surface area contributed by atoms with E-state index < -0.39 is 29.4 Å². The van der Waals surface area contributed by atoms with E-state index in [0.717, 1.165) is 12.8 Å². The molecule has 18 heteroatoms. The van der Waals surface area contributed by atoms with Crippen LogP contribution in [-0.4, -0.2) is 105 Å². The second-order valence-corrected chi connectivity index (χ2v) is 13.4. The lowest BCUT2D eigenvalue weighted by molar-refractivity contribution is -0.125. The lowest BCUT2D eigenvalue weighted by Gasteiger charge is -2.21. The van der Waals surface area contributed by atoms with Gasteiger partial charge in [-0.3, -0.25) is 38.4 Å². The Morgan fingerprint density at radius 2 is 0.774 bits per heavy atom. The first-order chi connectivity index (χ1) is 23.9. The summed E-state index contributed by atoms with van der Waals surface area (Å²) in [7, 11) is 0. The minimum Gasteiger partial charge on any atom is -0.355 e. The second-order valence-electron chi connectivity index (χ2n) is 10.8. The highest BCUT2D eigenvalue weighted by molar-refractivity contribution is 7.81. The first kappa shape index (κ1) is 65.7. The lowest BCUT2D eigenvalue weighted by atomic mass is 10.1. The van der Waals surface area contributed by atoms with Crippen molar-refractivity contribution < 1.29 is 38.4 Å². The Kier molecular flexibility index (Phi) is 50.9. The van der Waals surface area contributed by atoms with Crippen molar-refractivity contribution >= 4 is 97.3 Å². The van der Waals surface area contributed by atoms with E-state index in [9.17, 15) is 38.4 Å². The molecule has 0 fully saturated rings. The number of hydrogen-bond donors (Lipinski definition) is 10. The zero-order chi connectivity index (χ0) is 42.9. The SMILES string of the molecule is C.CC.CC.CC(=O)NC(C(C)=O)C(S)CN.CC(=O)NCC(S)C(NC(C)=O)C(C)=O.CCC(S)C(N)C(C)=O.CCC(S)C(NC(C)=O)C(C)=O. The molecule has 0 aromatic heterocycles. The van der Waals surface area contributed by atoms with Crippen LogP contribution in [0.5, 0.6) is 0 Å². The molecule has 0 saturated carbocycles.